The molecule has 12 heavy (non-hydrogen) atoms. The Morgan fingerprint density at radius 1 is 1.58 bits per heavy atom. The molecule has 0 saturated heterocycles. The van der Waals surface area contributed by atoms with Crippen LogP contribution in [0.4, 0.5) is 11.4 Å². The minimum atomic E-state index is -2.65. The molecule has 0 amide bonds. The second kappa shape index (κ2) is 3.81. The smallest absolute Gasteiger partial charge is 0.0587 e. The Labute approximate surface area is 89.7 Å². The van der Waals surface area contributed by atoms with Gasteiger partial charge in [0.15, 0.2) is 0 Å². The van der Waals surface area contributed by atoms with E-state index in [1.165, 1.54) is 0 Å². The number of halogens is 1. The largest absolute Gasteiger partial charge is 0.397 e. The van der Waals surface area contributed by atoms with Crippen molar-refractivity contribution in [3.8, 4) is 0 Å². The third-order valence-electron chi connectivity index (χ3n) is 1.32. The van der Waals surface area contributed by atoms with E-state index in [0.29, 0.717) is 4.47 Å². The molecule has 1 aromatic rings. The van der Waals surface area contributed by atoms with Crippen LogP contribution in [0.15, 0.2) is 22.7 Å². The molecule has 0 bridgehead atoms. The number of nitrogens with one attached hydrogen (secondary N) is 1. The predicted octanol–water partition coefficient (Wildman–Crippen LogP) is 2.85. The number of hydrogen-bond donors (Lipinski definition) is 2. The molecule has 1 aromatic carbocycles. The van der Waals surface area contributed by atoms with Gasteiger partial charge in [0.1, 0.15) is 0 Å². The third kappa shape index (κ3) is 2.41. The lowest BCUT2D eigenvalue weighted by Crippen LogP contribution is -2.11. The molecule has 2 nitrogen and oxygen atoms in total. The zero-order valence-corrected chi connectivity index (χ0v) is 7.85. The second-order valence-electron chi connectivity index (χ2n) is 2.31. The number of anilines is 2. The average Bonchev–Trinajstić information content (AvgIpc) is 2.15. The maximum atomic E-state index is 7.28. The van der Waals surface area contributed by atoms with E-state index in [1.807, 2.05) is 0 Å². The van der Waals surface area contributed by atoms with Crippen LogP contribution in [0.25, 0.3) is 0 Å². The van der Waals surface area contributed by atoms with Crippen molar-refractivity contribution >= 4 is 27.3 Å². The highest BCUT2D eigenvalue weighted by Crippen LogP contribution is 2.23. The van der Waals surface area contributed by atoms with Crippen molar-refractivity contribution in [1.82, 2.24) is 0 Å². The van der Waals surface area contributed by atoms with Gasteiger partial charge in [-0.25, -0.2) is 0 Å². The summed E-state index contributed by atoms with van der Waals surface area (Å²) >= 11 is 3.21. The number of rotatable bonds is 2. The SMILES string of the molecule is [2H]C([2H])([2H])C(Nc1cc(Br)ccc1N)C([2H])([2H])[2H]. The van der Waals surface area contributed by atoms with E-state index in [-0.39, 0.29) is 11.4 Å². The highest BCUT2D eigenvalue weighted by Gasteiger charge is 2.00. The van der Waals surface area contributed by atoms with Crippen LogP contribution in [-0.2, 0) is 0 Å². The lowest BCUT2D eigenvalue weighted by molar-refractivity contribution is 0.900. The van der Waals surface area contributed by atoms with Gasteiger partial charge in [0.2, 0.25) is 0 Å². The Bertz CT molecular complexity index is 414. The van der Waals surface area contributed by atoms with Gasteiger partial charge in [-0.1, -0.05) is 15.9 Å². The van der Waals surface area contributed by atoms with Crippen molar-refractivity contribution in [3.05, 3.63) is 22.7 Å². The summed E-state index contributed by atoms with van der Waals surface area (Å²) in [6, 6.07) is 3.12. The Kier molecular flexibility index (Phi) is 1.27. The van der Waals surface area contributed by atoms with Gasteiger partial charge in [-0.2, -0.15) is 0 Å². The fourth-order valence-electron chi connectivity index (χ4n) is 0.809. The molecule has 0 unspecified atom stereocenters. The molecule has 3 heteroatoms. The van der Waals surface area contributed by atoms with Gasteiger partial charge in [0.25, 0.3) is 0 Å². The number of nitrogens with two attached hydrogens (primary N) is 1. The van der Waals surface area contributed by atoms with Gasteiger partial charge in [-0.15, -0.1) is 0 Å². The van der Waals surface area contributed by atoms with Crippen LogP contribution in [0.3, 0.4) is 0 Å². The first-order chi connectivity index (χ1) is 8.01. The van der Waals surface area contributed by atoms with E-state index >= 15 is 0 Å². The van der Waals surface area contributed by atoms with Crippen molar-refractivity contribution in [1.29, 1.82) is 0 Å². The zero-order chi connectivity index (χ0) is 14.1. The van der Waals surface area contributed by atoms with Gasteiger partial charge in [-0.3, -0.25) is 0 Å². The van der Waals surface area contributed by atoms with Crippen LogP contribution in [-0.4, -0.2) is 6.04 Å². The van der Waals surface area contributed by atoms with Crippen LogP contribution in [0, 0.1) is 0 Å². The standard InChI is InChI=1S/C9H13BrN2/c1-6(2)12-9-5-7(10)3-4-8(9)11/h3-6,12H,11H2,1-2H3/i1D3,2D3. The molecular weight excluding hydrogens is 216 g/mol. The topological polar surface area (TPSA) is 38.0 Å². The number of nitrogen functional groups attached to an aromatic ring is 1. The third-order valence-corrected chi connectivity index (χ3v) is 1.81. The molecule has 0 aliphatic heterocycles. The summed E-state index contributed by atoms with van der Waals surface area (Å²) in [4.78, 5) is 0. The first-order valence-corrected chi connectivity index (χ1v) is 4.12. The molecule has 0 atom stereocenters. The quantitative estimate of drug-likeness (QED) is 0.773. The Morgan fingerprint density at radius 2 is 2.33 bits per heavy atom. The first kappa shape index (κ1) is 4.01. The summed E-state index contributed by atoms with van der Waals surface area (Å²) in [7, 11) is 0. The number of hydrogen-bond acceptors (Lipinski definition) is 2. The molecule has 0 spiro atoms. The Balaban J connectivity index is 3.08. The Hall–Kier alpha value is -0.700. The molecule has 0 aliphatic carbocycles. The minimum Gasteiger partial charge on any atom is -0.397 e. The Morgan fingerprint density at radius 3 is 3.00 bits per heavy atom. The van der Waals surface area contributed by atoms with Crippen LogP contribution in [0.2, 0.25) is 0 Å². The summed E-state index contributed by atoms with van der Waals surface area (Å²) in [6.07, 6.45) is 0. The van der Waals surface area contributed by atoms with Gasteiger partial charge in [-0.05, 0) is 31.9 Å². The van der Waals surface area contributed by atoms with E-state index in [2.05, 4.69) is 21.2 Å². The van der Waals surface area contributed by atoms with Crippen LogP contribution in [0.1, 0.15) is 21.9 Å². The average molecular weight is 235 g/mol. The lowest BCUT2D eigenvalue weighted by atomic mass is 10.2. The summed E-state index contributed by atoms with van der Waals surface area (Å²) in [5, 5.41) is 2.49. The van der Waals surface area contributed by atoms with Crippen molar-refractivity contribution in [2.45, 2.75) is 19.7 Å². The maximum Gasteiger partial charge on any atom is 0.0587 e. The molecule has 3 N–H and O–H groups in total. The van der Waals surface area contributed by atoms with Crippen molar-refractivity contribution < 1.29 is 8.22 Å². The minimum absolute atomic E-state index is 0.279. The van der Waals surface area contributed by atoms with E-state index in [4.69, 9.17) is 14.0 Å². The molecule has 0 aromatic heterocycles. The summed E-state index contributed by atoms with van der Waals surface area (Å²) in [5.41, 5.74) is 6.24. The maximum absolute atomic E-state index is 7.28. The number of benzene rings is 1. The lowest BCUT2D eigenvalue weighted by Gasteiger charge is -2.12. The van der Waals surface area contributed by atoms with Crippen LogP contribution < -0.4 is 11.1 Å². The van der Waals surface area contributed by atoms with Gasteiger partial charge < -0.3 is 11.1 Å². The molecule has 0 fully saturated rings. The van der Waals surface area contributed by atoms with Crippen molar-refractivity contribution in [3.63, 3.8) is 0 Å². The van der Waals surface area contributed by atoms with E-state index in [9.17, 15) is 0 Å². The van der Waals surface area contributed by atoms with Gasteiger partial charge in [0.05, 0.1) is 11.4 Å². The van der Waals surface area contributed by atoms with Gasteiger partial charge >= 0.3 is 0 Å². The predicted molar refractivity (Wildman–Crippen MR) is 57.3 cm³/mol. The highest BCUT2D eigenvalue weighted by molar-refractivity contribution is 9.10. The molecule has 0 radical (unpaired) electrons. The summed E-state index contributed by atoms with van der Waals surface area (Å²) in [5.74, 6) is 0. The highest BCUT2D eigenvalue weighted by atomic mass is 79.9. The van der Waals surface area contributed by atoms with Crippen molar-refractivity contribution in [2.24, 2.45) is 0 Å². The molecule has 66 valence electrons. The van der Waals surface area contributed by atoms with Crippen LogP contribution >= 0.6 is 15.9 Å². The second-order valence-corrected chi connectivity index (χ2v) is 3.22. The normalized spacial score (nSPS) is 19.8. The molecule has 0 heterocycles. The molecule has 1 rings (SSSR count). The van der Waals surface area contributed by atoms with E-state index < -0.39 is 19.7 Å². The van der Waals surface area contributed by atoms with E-state index in [1.54, 1.807) is 18.2 Å². The van der Waals surface area contributed by atoms with E-state index in [0.717, 1.165) is 0 Å². The van der Waals surface area contributed by atoms with Crippen LogP contribution in [0.5, 0.6) is 0 Å². The summed E-state index contributed by atoms with van der Waals surface area (Å²) in [6.45, 7) is -5.31. The van der Waals surface area contributed by atoms with Crippen molar-refractivity contribution in [2.75, 3.05) is 11.1 Å². The monoisotopic (exact) mass is 234 g/mol. The molecule has 0 aliphatic rings. The fourth-order valence-corrected chi connectivity index (χ4v) is 1.17. The molecule has 0 saturated carbocycles. The molecular formula is C9H13BrN2. The first-order valence-electron chi connectivity index (χ1n) is 6.33. The zero-order valence-electron chi connectivity index (χ0n) is 12.3. The fraction of sp³-hybridized carbons (Fsp3) is 0.333. The summed E-state index contributed by atoms with van der Waals surface area (Å²) < 4.78 is 44.3. The van der Waals surface area contributed by atoms with Gasteiger partial charge in [0, 0.05) is 18.7 Å².